The molecule has 4 aliphatic carbocycles. The zero-order chi connectivity index (χ0) is 18.7. The van der Waals surface area contributed by atoms with Gasteiger partial charge in [0.05, 0.1) is 5.25 Å². The Bertz CT molecular complexity index is 749. The molecular weight excluding hydrogens is 342 g/mol. The molecule has 0 aromatic heterocycles. The van der Waals surface area contributed by atoms with Crippen LogP contribution in [0.5, 0.6) is 0 Å². The molecule has 0 aliphatic heterocycles. The Morgan fingerprint density at radius 3 is 2.15 bits per heavy atom. The van der Waals surface area contributed by atoms with Crippen LogP contribution in [-0.4, -0.2) is 14.0 Å². The quantitative estimate of drug-likeness (QED) is 0.813. The summed E-state index contributed by atoms with van der Waals surface area (Å²) in [5.41, 5.74) is 0.998. The predicted octanol–water partition coefficient (Wildman–Crippen LogP) is 4.91. The first kappa shape index (κ1) is 18.5. The Kier molecular flexibility index (Phi) is 4.31. The molecule has 1 N–H and O–H groups in total. The second kappa shape index (κ2) is 6.07. The minimum Gasteiger partial charge on any atom is -0.212 e. The molecule has 1 aromatic rings. The molecule has 0 radical (unpaired) electrons. The van der Waals surface area contributed by atoms with E-state index in [0.717, 1.165) is 30.7 Å². The van der Waals surface area contributed by atoms with Crippen molar-refractivity contribution >= 4 is 10.0 Å². The average Bonchev–Trinajstić information content (AvgIpc) is 2.51. The number of nitrogens with one attached hydrogen (secondary N) is 1. The van der Waals surface area contributed by atoms with Gasteiger partial charge in [-0.25, -0.2) is 13.1 Å². The fourth-order valence-corrected chi connectivity index (χ4v) is 8.40. The Morgan fingerprint density at radius 1 is 1.04 bits per heavy atom. The van der Waals surface area contributed by atoms with Crippen LogP contribution in [0.2, 0.25) is 0 Å². The lowest BCUT2D eigenvalue weighted by atomic mass is 9.45. The molecule has 0 heterocycles. The van der Waals surface area contributed by atoms with Crippen LogP contribution in [0.4, 0.5) is 0 Å². The lowest BCUT2D eigenvalue weighted by molar-refractivity contribution is -0.0970. The molecule has 3 atom stereocenters. The molecule has 4 fully saturated rings. The van der Waals surface area contributed by atoms with Crippen LogP contribution < -0.4 is 4.72 Å². The molecule has 0 saturated heterocycles. The van der Waals surface area contributed by atoms with Crippen molar-refractivity contribution in [3.05, 3.63) is 35.9 Å². The van der Waals surface area contributed by atoms with Crippen LogP contribution >= 0.6 is 0 Å². The zero-order valence-electron chi connectivity index (χ0n) is 16.5. The molecule has 4 saturated carbocycles. The van der Waals surface area contributed by atoms with Gasteiger partial charge in [0.25, 0.3) is 0 Å². The lowest BCUT2D eigenvalue weighted by Gasteiger charge is -2.62. The predicted molar refractivity (Wildman–Crippen MR) is 106 cm³/mol. The molecule has 3 nitrogen and oxygen atoms in total. The van der Waals surface area contributed by atoms with E-state index < -0.39 is 15.3 Å². The zero-order valence-corrected chi connectivity index (χ0v) is 17.4. The van der Waals surface area contributed by atoms with E-state index in [9.17, 15) is 8.42 Å². The smallest absolute Gasteiger partial charge is 0.212 e. The summed E-state index contributed by atoms with van der Waals surface area (Å²) in [6.45, 7) is 8.92. The summed E-state index contributed by atoms with van der Waals surface area (Å²) in [5.74, 6) is 2.80. The Balaban J connectivity index is 1.58. The maximum Gasteiger partial charge on any atom is 0.218 e. The summed E-state index contributed by atoms with van der Waals surface area (Å²) >= 11 is 0. The summed E-state index contributed by atoms with van der Waals surface area (Å²) in [5, 5.41) is -0.505. The molecule has 4 bridgehead atoms. The van der Waals surface area contributed by atoms with Gasteiger partial charge in [-0.05, 0) is 73.7 Å². The van der Waals surface area contributed by atoms with Crippen LogP contribution in [0, 0.1) is 29.1 Å². The van der Waals surface area contributed by atoms with E-state index in [-0.39, 0.29) is 5.54 Å². The molecule has 4 aliphatic rings. The van der Waals surface area contributed by atoms with Crippen molar-refractivity contribution in [2.24, 2.45) is 29.1 Å². The van der Waals surface area contributed by atoms with Gasteiger partial charge in [0.2, 0.25) is 10.0 Å². The molecular formula is C22H33NO2S. The van der Waals surface area contributed by atoms with Gasteiger partial charge in [0.1, 0.15) is 0 Å². The minimum absolute atomic E-state index is 0.194. The van der Waals surface area contributed by atoms with Crippen molar-refractivity contribution < 1.29 is 8.42 Å². The number of rotatable bonds is 4. The third kappa shape index (κ3) is 3.13. The fraction of sp³-hybridized carbons (Fsp3) is 0.727. The highest BCUT2D eigenvalue weighted by molar-refractivity contribution is 7.89. The SMILES string of the molecule is C[C@@H](c1ccccc1)S(=O)(=O)NC12CC3CC(C1)C(C(C)(C)C)C(C3)C2. The van der Waals surface area contributed by atoms with Gasteiger partial charge < -0.3 is 0 Å². The Labute approximate surface area is 159 Å². The van der Waals surface area contributed by atoms with Crippen molar-refractivity contribution in [2.45, 2.75) is 70.6 Å². The normalized spacial score (nSPS) is 37.7. The van der Waals surface area contributed by atoms with E-state index in [4.69, 9.17) is 0 Å². The van der Waals surface area contributed by atoms with Gasteiger partial charge in [-0.15, -0.1) is 0 Å². The molecule has 4 heteroatoms. The summed E-state index contributed by atoms with van der Waals surface area (Å²) in [6.07, 6.45) is 5.70. The third-order valence-corrected chi connectivity index (χ3v) is 9.29. The largest absolute Gasteiger partial charge is 0.218 e. The van der Waals surface area contributed by atoms with Crippen molar-refractivity contribution in [3.8, 4) is 0 Å². The molecule has 0 amide bonds. The van der Waals surface area contributed by atoms with Gasteiger partial charge in [-0.3, -0.25) is 0 Å². The minimum atomic E-state index is -3.38. The fourth-order valence-electron chi connectivity index (χ4n) is 6.86. The van der Waals surface area contributed by atoms with E-state index in [1.807, 2.05) is 37.3 Å². The summed E-state index contributed by atoms with van der Waals surface area (Å²) in [6, 6.07) is 9.60. The first-order valence-corrected chi connectivity index (χ1v) is 11.7. The highest BCUT2D eigenvalue weighted by Crippen LogP contribution is 2.62. The highest BCUT2D eigenvalue weighted by Gasteiger charge is 2.58. The van der Waals surface area contributed by atoms with Crippen molar-refractivity contribution in [3.63, 3.8) is 0 Å². The first-order valence-electron chi connectivity index (χ1n) is 10.2. The van der Waals surface area contributed by atoms with Gasteiger partial charge in [-0.1, -0.05) is 51.1 Å². The molecule has 26 heavy (non-hydrogen) atoms. The summed E-state index contributed by atoms with van der Waals surface area (Å²) < 4.78 is 29.6. The topological polar surface area (TPSA) is 46.2 Å². The average molecular weight is 376 g/mol. The molecule has 2 unspecified atom stereocenters. The van der Waals surface area contributed by atoms with Gasteiger partial charge in [0.15, 0.2) is 0 Å². The van der Waals surface area contributed by atoms with Crippen LogP contribution in [0.1, 0.15) is 70.6 Å². The van der Waals surface area contributed by atoms with Gasteiger partial charge >= 0.3 is 0 Å². The number of hydrogen-bond acceptors (Lipinski definition) is 2. The number of hydrogen-bond donors (Lipinski definition) is 1. The molecule has 5 rings (SSSR count). The van der Waals surface area contributed by atoms with Crippen LogP contribution in [0.25, 0.3) is 0 Å². The molecule has 1 aromatic carbocycles. The van der Waals surface area contributed by atoms with Crippen LogP contribution in [0.15, 0.2) is 30.3 Å². The van der Waals surface area contributed by atoms with Crippen LogP contribution in [-0.2, 0) is 10.0 Å². The summed E-state index contributed by atoms with van der Waals surface area (Å²) in [7, 11) is -3.38. The van der Waals surface area contributed by atoms with E-state index in [1.54, 1.807) is 0 Å². The van der Waals surface area contributed by atoms with Gasteiger partial charge in [0, 0.05) is 5.54 Å². The second-order valence-corrected chi connectivity index (χ2v) is 12.3. The van der Waals surface area contributed by atoms with E-state index in [2.05, 4.69) is 25.5 Å². The van der Waals surface area contributed by atoms with E-state index in [1.165, 1.54) is 12.8 Å². The Hall–Kier alpha value is -0.870. The second-order valence-electron chi connectivity index (χ2n) is 10.3. The van der Waals surface area contributed by atoms with E-state index in [0.29, 0.717) is 23.2 Å². The van der Waals surface area contributed by atoms with Gasteiger partial charge in [-0.2, -0.15) is 0 Å². The first-order chi connectivity index (χ1) is 12.1. The Morgan fingerprint density at radius 2 is 1.62 bits per heavy atom. The maximum absolute atomic E-state index is 13.2. The third-order valence-electron chi connectivity index (χ3n) is 7.37. The molecule has 144 valence electrons. The highest BCUT2D eigenvalue weighted by atomic mass is 32.2. The van der Waals surface area contributed by atoms with E-state index >= 15 is 0 Å². The lowest BCUT2D eigenvalue weighted by Crippen LogP contribution is -2.64. The number of benzene rings is 1. The van der Waals surface area contributed by atoms with Crippen molar-refractivity contribution in [1.82, 2.24) is 4.72 Å². The maximum atomic E-state index is 13.2. The van der Waals surface area contributed by atoms with Crippen molar-refractivity contribution in [2.75, 3.05) is 0 Å². The molecule has 0 spiro atoms. The monoisotopic (exact) mass is 375 g/mol. The summed E-state index contributed by atoms with van der Waals surface area (Å²) in [4.78, 5) is 0. The van der Waals surface area contributed by atoms with Crippen LogP contribution in [0.3, 0.4) is 0 Å². The number of sulfonamides is 1. The van der Waals surface area contributed by atoms with Crippen molar-refractivity contribution in [1.29, 1.82) is 0 Å². The standard InChI is InChI=1S/C22H33NO2S/c1-15(17-8-6-5-7-9-17)26(24,25)23-22-12-16-10-18(13-22)20(21(2,3)4)19(11-16)14-22/h5-9,15-16,18-20,23H,10-14H2,1-4H3/t15-,16?,18?,19?,20?,22?/m0/s1.